The third-order valence-electron chi connectivity index (χ3n) is 8.72. The second kappa shape index (κ2) is 14.8. The van der Waals surface area contributed by atoms with Crippen molar-refractivity contribution in [2.24, 2.45) is 5.92 Å². The standard InChI is InChI=1S/C36H42N10O3/c1-22(2)17-30-34-41-24(4)44-46(34)16-15-45(36(49)28-21-39-33(40-23(28)3)25-9-7-13-37-19-25)14-8-12-32(47)42-31(35(48)43-30)18-26-20-38-29-11-6-5-10-27(26)29/h5-7,9-11,13,19-22,30-31,38H,8,12,14-18H2,1-4H3,(H,42,47)(H,43,48)/t30-,31+/m0/s1. The number of H-pyrrole nitrogens is 1. The maximum Gasteiger partial charge on any atom is 0.257 e. The molecule has 5 heterocycles. The van der Waals surface area contributed by atoms with E-state index in [1.807, 2.05) is 49.5 Å². The van der Waals surface area contributed by atoms with Gasteiger partial charge in [-0.2, -0.15) is 5.10 Å². The van der Waals surface area contributed by atoms with Crippen LogP contribution in [0.2, 0.25) is 0 Å². The molecule has 0 bridgehead atoms. The number of aromatic nitrogens is 7. The molecule has 1 aliphatic rings. The summed E-state index contributed by atoms with van der Waals surface area (Å²) >= 11 is 0. The topological polar surface area (TPSA) is 164 Å². The fourth-order valence-corrected chi connectivity index (χ4v) is 6.31. The number of nitrogens with one attached hydrogen (secondary N) is 3. The van der Waals surface area contributed by atoms with Gasteiger partial charge in [0.15, 0.2) is 5.82 Å². The van der Waals surface area contributed by atoms with Crippen LogP contribution in [0.5, 0.6) is 0 Å². The molecule has 13 nitrogen and oxygen atoms in total. The molecule has 2 atom stereocenters. The molecule has 3 amide bonds. The molecule has 0 saturated heterocycles. The van der Waals surface area contributed by atoms with E-state index in [0.717, 1.165) is 22.0 Å². The Hall–Kier alpha value is -5.46. The molecule has 1 aliphatic heterocycles. The number of rotatable bonds is 6. The molecule has 49 heavy (non-hydrogen) atoms. The molecular weight excluding hydrogens is 620 g/mol. The Bertz CT molecular complexity index is 1950. The lowest BCUT2D eigenvalue weighted by atomic mass is 10.0. The number of para-hydroxylation sites is 1. The number of carbonyl (C=O) groups is 3. The fraction of sp³-hybridized carbons (Fsp3) is 0.389. The normalized spacial score (nSPS) is 17.8. The fourth-order valence-electron chi connectivity index (χ4n) is 6.31. The minimum absolute atomic E-state index is 0.139. The van der Waals surface area contributed by atoms with Crippen molar-refractivity contribution in [2.75, 3.05) is 13.1 Å². The van der Waals surface area contributed by atoms with Gasteiger partial charge < -0.3 is 20.5 Å². The minimum atomic E-state index is -0.822. The highest BCUT2D eigenvalue weighted by atomic mass is 16.2. The molecule has 0 radical (unpaired) electrons. The van der Waals surface area contributed by atoms with E-state index in [0.29, 0.717) is 67.6 Å². The van der Waals surface area contributed by atoms with Gasteiger partial charge in [-0.05, 0) is 56.4 Å². The lowest BCUT2D eigenvalue weighted by Crippen LogP contribution is -2.49. The summed E-state index contributed by atoms with van der Waals surface area (Å²) in [5.74, 6) is 1.13. The van der Waals surface area contributed by atoms with Crippen molar-refractivity contribution in [2.45, 2.75) is 72.0 Å². The molecule has 6 rings (SSSR count). The molecule has 3 N–H and O–H groups in total. The van der Waals surface area contributed by atoms with Crippen LogP contribution in [0.4, 0.5) is 0 Å². The van der Waals surface area contributed by atoms with Crippen molar-refractivity contribution in [3.8, 4) is 11.4 Å². The van der Waals surface area contributed by atoms with E-state index >= 15 is 0 Å². The number of nitrogens with zero attached hydrogens (tertiary/aromatic N) is 7. The summed E-state index contributed by atoms with van der Waals surface area (Å²) in [5.41, 5.74) is 3.59. The predicted octanol–water partition coefficient (Wildman–Crippen LogP) is 4.10. The number of benzene rings is 1. The van der Waals surface area contributed by atoms with Crippen molar-refractivity contribution in [1.29, 1.82) is 0 Å². The van der Waals surface area contributed by atoms with Gasteiger partial charge in [-0.25, -0.2) is 19.6 Å². The third-order valence-corrected chi connectivity index (χ3v) is 8.72. The van der Waals surface area contributed by atoms with Gasteiger partial charge in [-0.15, -0.1) is 0 Å². The van der Waals surface area contributed by atoms with Crippen LogP contribution in [0.15, 0.2) is 61.2 Å². The van der Waals surface area contributed by atoms with Crippen molar-refractivity contribution in [3.05, 3.63) is 89.7 Å². The zero-order chi connectivity index (χ0) is 34.5. The molecule has 1 aromatic carbocycles. The first kappa shape index (κ1) is 33.4. The predicted molar refractivity (Wildman–Crippen MR) is 184 cm³/mol. The molecule has 0 fully saturated rings. The molecule has 0 spiro atoms. The van der Waals surface area contributed by atoms with Crippen molar-refractivity contribution in [1.82, 2.24) is 50.2 Å². The Labute approximate surface area is 285 Å². The van der Waals surface area contributed by atoms with Gasteiger partial charge in [-0.1, -0.05) is 32.0 Å². The quantitative estimate of drug-likeness (QED) is 0.245. The number of fused-ring (bicyclic) bond motifs is 2. The van der Waals surface area contributed by atoms with Crippen molar-refractivity contribution >= 4 is 28.6 Å². The highest BCUT2D eigenvalue weighted by Gasteiger charge is 2.30. The second-order valence-corrected chi connectivity index (χ2v) is 12.9. The zero-order valence-corrected chi connectivity index (χ0v) is 28.3. The maximum atomic E-state index is 14.0. The smallest absolute Gasteiger partial charge is 0.257 e. The molecule has 254 valence electrons. The summed E-state index contributed by atoms with van der Waals surface area (Å²) < 4.78 is 1.79. The Kier molecular flexibility index (Phi) is 10.1. The SMILES string of the molecule is Cc1nc2n(n1)CCN(C(=O)c1cnc(-c3cccnc3)nc1C)CCCC(=O)N[C@H](Cc1c[nH]c3ccccc13)C(=O)N[C@H]2CC(C)C. The van der Waals surface area contributed by atoms with Crippen LogP contribution in [0.25, 0.3) is 22.3 Å². The van der Waals surface area contributed by atoms with Gasteiger partial charge in [0.05, 0.1) is 23.8 Å². The van der Waals surface area contributed by atoms with Crippen LogP contribution in [0.1, 0.15) is 72.4 Å². The summed E-state index contributed by atoms with van der Waals surface area (Å²) in [6.45, 7) is 8.75. The summed E-state index contributed by atoms with van der Waals surface area (Å²) in [4.78, 5) is 64.3. The average Bonchev–Trinajstić information content (AvgIpc) is 3.67. The Balaban J connectivity index is 1.30. The van der Waals surface area contributed by atoms with E-state index in [-0.39, 0.29) is 30.1 Å². The van der Waals surface area contributed by atoms with Crippen LogP contribution in [0, 0.1) is 19.8 Å². The summed E-state index contributed by atoms with van der Waals surface area (Å²) in [6.07, 6.45) is 8.26. The van der Waals surface area contributed by atoms with Gasteiger partial charge in [-0.3, -0.25) is 19.4 Å². The number of hydrogen-bond donors (Lipinski definition) is 3. The van der Waals surface area contributed by atoms with E-state index in [1.165, 1.54) is 0 Å². The van der Waals surface area contributed by atoms with Gasteiger partial charge in [0.25, 0.3) is 5.91 Å². The van der Waals surface area contributed by atoms with Crippen LogP contribution in [-0.2, 0) is 22.6 Å². The number of hydrogen-bond acceptors (Lipinski definition) is 8. The molecule has 4 aromatic heterocycles. The summed E-state index contributed by atoms with van der Waals surface area (Å²) in [6, 6.07) is 10.3. The minimum Gasteiger partial charge on any atom is -0.361 e. The Morgan fingerprint density at radius 1 is 0.980 bits per heavy atom. The average molecular weight is 663 g/mol. The van der Waals surface area contributed by atoms with Crippen molar-refractivity contribution in [3.63, 3.8) is 0 Å². The number of aromatic amines is 1. The third kappa shape index (κ3) is 7.82. The highest BCUT2D eigenvalue weighted by molar-refractivity contribution is 5.95. The van der Waals surface area contributed by atoms with Gasteiger partial charge in [0.2, 0.25) is 11.8 Å². The Morgan fingerprint density at radius 3 is 2.59 bits per heavy atom. The van der Waals surface area contributed by atoms with Gasteiger partial charge in [0, 0.05) is 67.2 Å². The summed E-state index contributed by atoms with van der Waals surface area (Å²) in [7, 11) is 0. The molecule has 13 heteroatoms. The van der Waals surface area contributed by atoms with Crippen LogP contribution < -0.4 is 10.6 Å². The largest absolute Gasteiger partial charge is 0.361 e. The van der Waals surface area contributed by atoms with Crippen LogP contribution in [0.3, 0.4) is 0 Å². The van der Waals surface area contributed by atoms with E-state index in [2.05, 4.69) is 49.5 Å². The molecule has 0 unspecified atom stereocenters. The summed E-state index contributed by atoms with van der Waals surface area (Å²) in [5, 5.41) is 11.9. The number of aryl methyl sites for hydroxylation is 2. The van der Waals surface area contributed by atoms with E-state index in [9.17, 15) is 14.4 Å². The molecular formula is C36H42N10O3. The maximum absolute atomic E-state index is 14.0. The number of carbonyl (C=O) groups excluding carboxylic acids is 3. The molecule has 0 saturated carbocycles. The first-order valence-electron chi connectivity index (χ1n) is 16.8. The van der Waals surface area contributed by atoms with E-state index in [1.54, 1.807) is 35.1 Å². The molecule has 0 aliphatic carbocycles. The second-order valence-electron chi connectivity index (χ2n) is 12.9. The van der Waals surface area contributed by atoms with Crippen LogP contribution >= 0.6 is 0 Å². The van der Waals surface area contributed by atoms with Gasteiger partial charge in [0.1, 0.15) is 17.7 Å². The zero-order valence-electron chi connectivity index (χ0n) is 28.3. The highest BCUT2D eigenvalue weighted by Crippen LogP contribution is 2.24. The Morgan fingerprint density at radius 2 is 1.82 bits per heavy atom. The van der Waals surface area contributed by atoms with E-state index in [4.69, 9.17) is 4.98 Å². The number of amides is 3. The van der Waals surface area contributed by atoms with Gasteiger partial charge >= 0.3 is 0 Å². The van der Waals surface area contributed by atoms with E-state index < -0.39 is 12.1 Å². The monoisotopic (exact) mass is 662 g/mol. The lowest BCUT2D eigenvalue weighted by Gasteiger charge is -2.27. The lowest BCUT2D eigenvalue weighted by molar-refractivity contribution is -0.129. The molecule has 5 aromatic rings. The first-order chi connectivity index (χ1) is 23.7. The van der Waals surface area contributed by atoms with Crippen molar-refractivity contribution < 1.29 is 14.4 Å². The van der Waals surface area contributed by atoms with Crippen LogP contribution in [-0.4, -0.2) is 76.5 Å². The number of pyridine rings is 1. The first-order valence-corrected chi connectivity index (χ1v) is 16.8.